The largest absolute Gasteiger partial charge is 0.325 e. The van der Waals surface area contributed by atoms with E-state index in [1.807, 2.05) is 13.0 Å². The van der Waals surface area contributed by atoms with E-state index in [4.69, 9.17) is 0 Å². The fourth-order valence-electron chi connectivity index (χ4n) is 3.76. The second-order valence-corrected chi connectivity index (χ2v) is 10.8. The van der Waals surface area contributed by atoms with E-state index in [0.29, 0.717) is 25.2 Å². The summed E-state index contributed by atoms with van der Waals surface area (Å²) in [5, 5.41) is 2.98. The van der Waals surface area contributed by atoms with Gasteiger partial charge >= 0.3 is 0 Å². The molecule has 29 heavy (non-hydrogen) atoms. The molecule has 1 atom stereocenters. The van der Waals surface area contributed by atoms with Crippen LogP contribution in [0.25, 0.3) is 0 Å². The summed E-state index contributed by atoms with van der Waals surface area (Å²) in [4.78, 5) is 15.3. The minimum Gasteiger partial charge on any atom is -0.325 e. The molecule has 2 heterocycles. The van der Waals surface area contributed by atoms with Gasteiger partial charge in [0.25, 0.3) is 0 Å². The summed E-state index contributed by atoms with van der Waals surface area (Å²) in [5.41, 5.74) is 3.26. The van der Waals surface area contributed by atoms with E-state index in [-0.39, 0.29) is 16.1 Å². The molecular formula is C21H25N3O3S2. The molecule has 0 radical (unpaired) electrons. The minimum atomic E-state index is -3.64. The highest BCUT2D eigenvalue weighted by atomic mass is 32.2. The predicted molar refractivity (Wildman–Crippen MR) is 116 cm³/mol. The van der Waals surface area contributed by atoms with Crippen molar-refractivity contribution in [1.29, 1.82) is 0 Å². The van der Waals surface area contributed by atoms with Gasteiger partial charge in [-0.1, -0.05) is 31.2 Å². The van der Waals surface area contributed by atoms with E-state index < -0.39 is 10.0 Å². The second-order valence-electron chi connectivity index (χ2n) is 7.53. The van der Waals surface area contributed by atoms with Crippen molar-refractivity contribution >= 4 is 33.4 Å². The van der Waals surface area contributed by atoms with Gasteiger partial charge in [-0.2, -0.15) is 0 Å². The average Bonchev–Trinajstić information content (AvgIpc) is 2.83. The van der Waals surface area contributed by atoms with Gasteiger partial charge in [-0.15, -0.1) is 11.8 Å². The van der Waals surface area contributed by atoms with Gasteiger partial charge in [0.05, 0.1) is 10.6 Å². The molecule has 0 aliphatic carbocycles. The highest BCUT2D eigenvalue weighted by Gasteiger charge is 2.22. The van der Waals surface area contributed by atoms with Gasteiger partial charge in [-0.25, -0.2) is 13.1 Å². The van der Waals surface area contributed by atoms with Crippen LogP contribution in [0.3, 0.4) is 0 Å². The number of carbonyl (C=O) groups excluding carboxylic acids is 1. The standard InChI is InChI=1S/C21H25N3O3S2/c1-15-12-21(25)23-19-13-18(6-7-20(19)28-15)29(26,27)22-9-11-24-10-8-16-4-2-3-5-17(16)14-24/h2-7,13,15,22H,8-12,14H2,1H3,(H,23,25)/t15-/m0/s1. The maximum atomic E-state index is 12.7. The number of nitrogens with zero attached hydrogens (tertiary/aromatic N) is 1. The highest BCUT2D eigenvalue weighted by molar-refractivity contribution is 8.00. The molecule has 2 aliphatic heterocycles. The van der Waals surface area contributed by atoms with E-state index >= 15 is 0 Å². The SMILES string of the molecule is C[C@H]1CC(=O)Nc2cc(S(=O)(=O)NCCN3CCc4ccccc4C3)ccc2S1. The normalized spacial score (nSPS) is 19.8. The third-order valence-electron chi connectivity index (χ3n) is 5.27. The molecule has 6 nitrogen and oxygen atoms in total. The smallest absolute Gasteiger partial charge is 0.240 e. The van der Waals surface area contributed by atoms with E-state index in [9.17, 15) is 13.2 Å². The number of anilines is 1. The van der Waals surface area contributed by atoms with Crippen molar-refractivity contribution in [2.24, 2.45) is 0 Å². The van der Waals surface area contributed by atoms with Gasteiger partial charge in [0, 0.05) is 42.7 Å². The third-order valence-corrected chi connectivity index (χ3v) is 7.90. The number of hydrogen-bond acceptors (Lipinski definition) is 5. The lowest BCUT2D eigenvalue weighted by Crippen LogP contribution is -2.37. The van der Waals surface area contributed by atoms with Gasteiger partial charge < -0.3 is 5.32 Å². The van der Waals surface area contributed by atoms with Crippen molar-refractivity contribution < 1.29 is 13.2 Å². The number of nitrogens with one attached hydrogen (secondary N) is 2. The number of fused-ring (bicyclic) bond motifs is 2. The van der Waals surface area contributed by atoms with Crippen LogP contribution in [0, 0.1) is 0 Å². The second kappa shape index (κ2) is 8.47. The van der Waals surface area contributed by atoms with Gasteiger partial charge in [-0.05, 0) is 35.7 Å². The summed E-state index contributed by atoms with van der Waals surface area (Å²) in [7, 11) is -3.64. The molecule has 2 aliphatic rings. The zero-order valence-corrected chi connectivity index (χ0v) is 18.0. The fourth-order valence-corrected chi connectivity index (χ4v) is 5.86. The fraction of sp³-hybridized carbons (Fsp3) is 0.381. The van der Waals surface area contributed by atoms with Crippen molar-refractivity contribution in [3.8, 4) is 0 Å². The van der Waals surface area contributed by atoms with Gasteiger partial charge in [0.1, 0.15) is 0 Å². The third kappa shape index (κ3) is 4.83. The van der Waals surface area contributed by atoms with Crippen LogP contribution in [-0.2, 0) is 27.8 Å². The number of carbonyl (C=O) groups is 1. The number of rotatable bonds is 5. The van der Waals surface area contributed by atoms with Gasteiger partial charge in [0.15, 0.2) is 0 Å². The number of benzene rings is 2. The first kappa shape index (κ1) is 20.4. The average molecular weight is 432 g/mol. The van der Waals surface area contributed by atoms with Crippen LogP contribution in [-0.4, -0.2) is 44.1 Å². The summed E-state index contributed by atoms with van der Waals surface area (Å²) in [5.74, 6) is -0.0864. The lowest BCUT2D eigenvalue weighted by atomic mass is 10.0. The Morgan fingerprint density at radius 1 is 1.21 bits per heavy atom. The van der Waals surface area contributed by atoms with E-state index in [1.54, 1.807) is 30.0 Å². The Kier molecular flexibility index (Phi) is 5.96. The molecule has 0 saturated heterocycles. The Balaban J connectivity index is 1.39. The van der Waals surface area contributed by atoms with Gasteiger partial charge in [-0.3, -0.25) is 9.69 Å². The Bertz CT molecular complexity index is 1020. The van der Waals surface area contributed by atoms with Crippen LogP contribution < -0.4 is 10.0 Å². The van der Waals surface area contributed by atoms with Crippen molar-refractivity contribution in [3.05, 3.63) is 53.6 Å². The summed E-state index contributed by atoms with van der Waals surface area (Å²) in [6, 6.07) is 13.3. The molecule has 2 N–H and O–H groups in total. The quantitative estimate of drug-likeness (QED) is 0.761. The molecule has 4 rings (SSSR count). The zero-order chi connectivity index (χ0) is 20.4. The molecule has 1 amide bonds. The number of thioether (sulfide) groups is 1. The van der Waals surface area contributed by atoms with Crippen molar-refractivity contribution in [1.82, 2.24) is 9.62 Å². The van der Waals surface area contributed by atoms with Crippen LogP contribution >= 0.6 is 11.8 Å². The summed E-state index contributed by atoms with van der Waals surface area (Å²) in [6.07, 6.45) is 1.40. The van der Waals surface area contributed by atoms with Crippen molar-refractivity contribution in [2.75, 3.05) is 25.0 Å². The Labute approximate surface area is 176 Å². The number of hydrogen-bond donors (Lipinski definition) is 2. The maximum absolute atomic E-state index is 12.7. The Morgan fingerprint density at radius 3 is 2.83 bits per heavy atom. The van der Waals surface area contributed by atoms with E-state index in [0.717, 1.165) is 24.4 Å². The number of sulfonamides is 1. The molecular weight excluding hydrogens is 406 g/mol. The monoisotopic (exact) mass is 431 g/mol. The molecule has 0 saturated carbocycles. The molecule has 154 valence electrons. The molecule has 0 unspecified atom stereocenters. The molecule has 0 aromatic heterocycles. The Hall–Kier alpha value is -1.87. The summed E-state index contributed by atoms with van der Waals surface area (Å²) >= 11 is 1.58. The summed E-state index contributed by atoms with van der Waals surface area (Å²) < 4.78 is 28.2. The van der Waals surface area contributed by atoms with Crippen LogP contribution in [0.4, 0.5) is 5.69 Å². The molecule has 2 aromatic rings. The Morgan fingerprint density at radius 2 is 2.00 bits per heavy atom. The van der Waals surface area contributed by atoms with Crippen LogP contribution in [0.2, 0.25) is 0 Å². The van der Waals surface area contributed by atoms with Crippen LogP contribution in [0.5, 0.6) is 0 Å². The first-order valence-corrected chi connectivity index (χ1v) is 12.2. The first-order chi connectivity index (χ1) is 13.9. The van der Waals surface area contributed by atoms with Crippen LogP contribution in [0.15, 0.2) is 52.3 Å². The minimum absolute atomic E-state index is 0.0864. The number of amides is 1. The molecule has 8 heteroatoms. The maximum Gasteiger partial charge on any atom is 0.240 e. The highest BCUT2D eigenvalue weighted by Crippen LogP contribution is 2.36. The van der Waals surface area contributed by atoms with E-state index in [2.05, 4.69) is 33.1 Å². The lowest BCUT2D eigenvalue weighted by Gasteiger charge is -2.28. The van der Waals surface area contributed by atoms with Crippen molar-refractivity contribution in [2.45, 2.75) is 41.4 Å². The first-order valence-electron chi connectivity index (χ1n) is 9.80. The molecule has 2 aromatic carbocycles. The topological polar surface area (TPSA) is 78.5 Å². The molecule has 0 bridgehead atoms. The molecule has 0 spiro atoms. The summed E-state index contributed by atoms with van der Waals surface area (Å²) in [6.45, 7) is 4.77. The molecule has 0 fully saturated rings. The van der Waals surface area contributed by atoms with Crippen LogP contribution in [0.1, 0.15) is 24.5 Å². The van der Waals surface area contributed by atoms with Gasteiger partial charge in [0.2, 0.25) is 15.9 Å². The zero-order valence-electron chi connectivity index (χ0n) is 16.3. The predicted octanol–water partition coefficient (Wildman–Crippen LogP) is 2.85. The van der Waals surface area contributed by atoms with E-state index in [1.165, 1.54) is 11.1 Å². The van der Waals surface area contributed by atoms with Crippen molar-refractivity contribution in [3.63, 3.8) is 0 Å². The lowest BCUT2D eigenvalue weighted by molar-refractivity contribution is -0.116.